The minimum atomic E-state index is -0.361. The highest BCUT2D eigenvalue weighted by atomic mass is 16.5. The molecule has 2 aromatic heterocycles. The van der Waals surface area contributed by atoms with E-state index in [1.54, 1.807) is 26.0 Å². The lowest BCUT2D eigenvalue weighted by Gasteiger charge is -2.10. The fourth-order valence-corrected chi connectivity index (χ4v) is 2.16. The van der Waals surface area contributed by atoms with Gasteiger partial charge in [-0.3, -0.25) is 19.6 Å². The second kappa shape index (κ2) is 5.24. The van der Waals surface area contributed by atoms with Crippen LogP contribution in [0.5, 0.6) is 11.8 Å². The van der Waals surface area contributed by atoms with Gasteiger partial charge in [-0.2, -0.15) is 0 Å². The van der Waals surface area contributed by atoms with Crippen molar-refractivity contribution in [3.63, 3.8) is 0 Å². The zero-order valence-corrected chi connectivity index (χ0v) is 11.8. The number of rotatable bonds is 3. The first-order chi connectivity index (χ1) is 9.47. The number of aromatic nitrogens is 2. The highest BCUT2D eigenvalue weighted by Crippen LogP contribution is 2.23. The highest BCUT2D eigenvalue weighted by molar-refractivity contribution is 5.69. The molecule has 0 saturated heterocycles. The molecular weight excluding hydrogens is 260 g/mol. The van der Waals surface area contributed by atoms with E-state index in [4.69, 9.17) is 9.47 Å². The van der Waals surface area contributed by atoms with E-state index in [9.17, 15) is 9.59 Å². The van der Waals surface area contributed by atoms with Gasteiger partial charge in [0.25, 0.3) is 11.1 Å². The van der Waals surface area contributed by atoms with Gasteiger partial charge in [0.1, 0.15) is 0 Å². The molecule has 0 saturated carbocycles. The number of aryl methyl sites for hydroxylation is 2. The maximum absolute atomic E-state index is 12.2. The summed E-state index contributed by atoms with van der Waals surface area (Å²) in [6, 6.07) is 3.36. The van der Waals surface area contributed by atoms with Crippen LogP contribution in [0.1, 0.15) is 11.1 Å². The molecule has 6 nitrogen and oxygen atoms in total. The number of ether oxygens (including phenoxy) is 2. The van der Waals surface area contributed by atoms with Crippen LogP contribution in [0.2, 0.25) is 0 Å². The standard InChI is InChI=1S/C14H16N2O4/c1-7-5-9(19-3)15-13(17)11(7)12-8(2)6-10(20-4)16-14(12)18/h5-6H,1-4H3,(H,15,17)(H,16,18). The van der Waals surface area contributed by atoms with Crippen LogP contribution in [0, 0.1) is 13.8 Å². The van der Waals surface area contributed by atoms with Crippen molar-refractivity contribution in [2.45, 2.75) is 13.8 Å². The van der Waals surface area contributed by atoms with Gasteiger partial charge >= 0.3 is 0 Å². The first-order valence-corrected chi connectivity index (χ1v) is 6.04. The molecule has 0 bridgehead atoms. The number of pyridine rings is 2. The highest BCUT2D eigenvalue weighted by Gasteiger charge is 2.16. The molecule has 2 rings (SSSR count). The zero-order chi connectivity index (χ0) is 14.9. The Labute approximate surface area is 115 Å². The first-order valence-electron chi connectivity index (χ1n) is 6.04. The lowest BCUT2D eigenvalue weighted by molar-refractivity contribution is 0.395. The van der Waals surface area contributed by atoms with E-state index in [1.807, 2.05) is 0 Å². The maximum atomic E-state index is 12.2. The molecule has 0 aromatic carbocycles. The van der Waals surface area contributed by atoms with Crippen LogP contribution >= 0.6 is 0 Å². The fourth-order valence-electron chi connectivity index (χ4n) is 2.16. The third-order valence-electron chi connectivity index (χ3n) is 3.10. The van der Waals surface area contributed by atoms with Gasteiger partial charge in [0.2, 0.25) is 0 Å². The number of H-pyrrole nitrogens is 2. The topological polar surface area (TPSA) is 84.2 Å². The van der Waals surface area contributed by atoms with Crippen molar-refractivity contribution in [2.75, 3.05) is 14.2 Å². The van der Waals surface area contributed by atoms with Crippen LogP contribution in [0.3, 0.4) is 0 Å². The van der Waals surface area contributed by atoms with Crippen molar-refractivity contribution in [2.24, 2.45) is 0 Å². The van der Waals surface area contributed by atoms with E-state index in [-0.39, 0.29) is 11.1 Å². The van der Waals surface area contributed by atoms with Gasteiger partial charge in [-0.15, -0.1) is 0 Å². The second-order valence-electron chi connectivity index (χ2n) is 4.45. The average molecular weight is 276 g/mol. The molecule has 0 spiro atoms. The minimum Gasteiger partial charge on any atom is -0.482 e. The molecule has 0 atom stereocenters. The summed E-state index contributed by atoms with van der Waals surface area (Å²) in [6.07, 6.45) is 0. The van der Waals surface area contributed by atoms with Crippen LogP contribution in [-0.2, 0) is 0 Å². The molecule has 2 heterocycles. The van der Waals surface area contributed by atoms with Crippen LogP contribution in [-0.4, -0.2) is 24.2 Å². The minimum absolute atomic E-state index is 0.340. The van der Waals surface area contributed by atoms with E-state index in [0.717, 1.165) is 0 Å². The quantitative estimate of drug-likeness (QED) is 0.886. The summed E-state index contributed by atoms with van der Waals surface area (Å²) in [5, 5.41) is 0. The van der Waals surface area contributed by atoms with Crippen molar-refractivity contribution >= 4 is 0 Å². The third kappa shape index (κ3) is 2.32. The number of nitrogens with one attached hydrogen (secondary N) is 2. The Balaban J connectivity index is 2.76. The predicted octanol–water partition coefficient (Wildman–Crippen LogP) is 1.36. The van der Waals surface area contributed by atoms with E-state index in [1.165, 1.54) is 14.2 Å². The van der Waals surface area contributed by atoms with Crippen LogP contribution < -0.4 is 20.6 Å². The maximum Gasteiger partial charge on any atom is 0.259 e. The SMILES string of the molecule is COc1cc(C)c(-c2c(C)cc(OC)[nH]c2=O)c(=O)[nH]1. The Morgan fingerprint density at radius 2 is 1.15 bits per heavy atom. The van der Waals surface area contributed by atoms with Crippen molar-refractivity contribution < 1.29 is 9.47 Å². The molecule has 0 aliphatic rings. The smallest absolute Gasteiger partial charge is 0.259 e. The molecule has 0 aliphatic carbocycles. The van der Waals surface area contributed by atoms with Gasteiger partial charge in [0.15, 0.2) is 11.8 Å². The van der Waals surface area contributed by atoms with E-state index < -0.39 is 0 Å². The van der Waals surface area contributed by atoms with Gasteiger partial charge in [0, 0.05) is 12.1 Å². The summed E-state index contributed by atoms with van der Waals surface area (Å²) in [5.41, 5.74) is 1.30. The van der Waals surface area contributed by atoms with E-state index >= 15 is 0 Å². The van der Waals surface area contributed by atoms with Crippen molar-refractivity contribution in [3.05, 3.63) is 44.0 Å². The van der Waals surface area contributed by atoms with E-state index in [2.05, 4.69) is 9.97 Å². The van der Waals surface area contributed by atoms with Crippen LogP contribution in [0.15, 0.2) is 21.7 Å². The monoisotopic (exact) mass is 276 g/mol. The van der Waals surface area contributed by atoms with Crippen molar-refractivity contribution in [3.8, 4) is 22.9 Å². The Bertz CT molecular complexity index is 693. The molecule has 0 fully saturated rings. The summed E-state index contributed by atoms with van der Waals surface area (Å²) in [6.45, 7) is 3.52. The summed E-state index contributed by atoms with van der Waals surface area (Å²) in [5.74, 6) is 0.720. The summed E-state index contributed by atoms with van der Waals surface area (Å²) in [4.78, 5) is 29.5. The normalized spacial score (nSPS) is 10.4. The summed E-state index contributed by atoms with van der Waals surface area (Å²) >= 11 is 0. The number of methoxy groups -OCH3 is 2. The Kier molecular flexibility index (Phi) is 3.65. The van der Waals surface area contributed by atoms with Crippen molar-refractivity contribution in [1.82, 2.24) is 9.97 Å². The number of hydrogen-bond donors (Lipinski definition) is 2. The molecule has 0 amide bonds. The van der Waals surface area contributed by atoms with E-state index in [0.29, 0.717) is 34.0 Å². The summed E-state index contributed by atoms with van der Waals surface area (Å²) < 4.78 is 10.0. The molecule has 6 heteroatoms. The lowest BCUT2D eigenvalue weighted by atomic mass is 10.00. The summed E-state index contributed by atoms with van der Waals surface area (Å²) in [7, 11) is 2.94. The molecule has 2 N–H and O–H groups in total. The molecule has 0 unspecified atom stereocenters. The third-order valence-corrected chi connectivity index (χ3v) is 3.10. The molecule has 2 aromatic rings. The molecule has 20 heavy (non-hydrogen) atoms. The average Bonchev–Trinajstić information content (AvgIpc) is 2.40. The molecule has 0 aliphatic heterocycles. The number of hydrogen-bond acceptors (Lipinski definition) is 4. The lowest BCUT2D eigenvalue weighted by Crippen LogP contribution is -2.19. The Morgan fingerprint density at radius 3 is 1.40 bits per heavy atom. The van der Waals surface area contributed by atoms with Gasteiger partial charge in [0.05, 0.1) is 25.3 Å². The predicted molar refractivity (Wildman–Crippen MR) is 75.7 cm³/mol. The second-order valence-corrected chi connectivity index (χ2v) is 4.45. The van der Waals surface area contributed by atoms with Gasteiger partial charge in [-0.1, -0.05) is 0 Å². The zero-order valence-electron chi connectivity index (χ0n) is 11.8. The Hall–Kier alpha value is -2.50. The van der Waals surface area contributed by atoms with Gasteiger partial charge in [-0.05, 0) is 25.0 Å². The largest absolute Gasteiger partial charge is 0.482 e. The first kappa shape index (κ1) is 13.9. The molecule has 0 radical (unpaired) electrons. The Morgan fingerprint density at radius 1 is 0.800 bits per heavy atom. The van der Waals surface area contributed by atoms with Crippen molar-refractivity contribution in [1.29, 1.82) is 0 Å². The van der Waals surface area contributed by atoms with Gasteiger partial charge in [-0.25, -0.2) is 0 Å². The fraction of sp³-hybridized carbons (Fsp3) is 0.286. The molecule has 106 valence electrons. The number of aromatic amines is 2. The van der Waals surface area contributed by atoms with Gasteiger partial charge < -0.3 is 9.47 Å². The van der Waals surface area contributed by atoms with Crippen LogP contribution in [0.25, 0.3) is 11.1 Å². The molecular formula is C14H16N2O4. The van der Waals surface area contributed by atoms with Crippen LogP contribution in [0.4, 0.5) is 0 Å².